The van der Waals surface area contributed by atoms with Crippen molar-refractivity contribution >= 4 is 29.0 Å². The average Bonchev–Trinajstić information content (AvgIpc) is 3.11. The molecule has 2 aromatic rings. The van der Waals surface area contributed by atoms with Crippen molar-refractivity contribution in [3.05, 3.63) is 33.7 Å². The standard InChI is InChI=1S/C14H13FN4O4S/c1-7(20)16-5-9-6-19(14(22)23-9)8-2-3-10(11(15)4-8)12-17-18-13(21)24-12/h2-4,9H,5-6H2,1H3,(H,16,20)(H,18,21)/t9-/m0/s1. The van der Waals surface area contributed by atoms with Gasteiger partial charge in [-0.15, -0.1) is 0 Å². The van der Waals surface area contributed by atoms with Gasteiger partial charge in [-0.25, -0.2) is 14.3 Å². The lowest BCUT2D eigenvalue weighted by atomic mass is 10.2. The van der Waals surface area contributed by atoms with E-state index in [1.54, 1.807) is 6.07 Å². The van der Waals surface area contributed by atoms with E-state index in [2.05, 4.69) is 15.5 Å². The molecule has 2 heterocycles. The minimum Gasteiger partial charge on any atom is -0.442 e. The molecular formula is C14H13FN4O4S. The van der Waals surface area contributed by atoms with E-state index in [4.69, 9.17) is 4.74 Å². The van der Waals surface area contributed by atoms with E-state index < -0.39 is 18.0 Å². The van der Waals surface area contributed by atoms with Crippen molar-refractivity contribution in [2.24, 2.45) is 0 Å². The van der Waals surface area contributed by atoms with E-state index in [0.717, 1.165) is 11.3 Å². The number of carbonyl (C=O) groups is 2. The van der Waals surface area contributed by atoms with Gasteiger partial charge < -0.3 is 10.1 Å². The predicted molar refractivity (Wildman–Crippen MR) is 84.4 cm³/mol. The van der Waals surface area contributed by atoms with Gasteiger partial charge in [0.05, 0.1) is 18.8 Å². The van der Waals surface area contributed by atoms with Crippen LogP contribution in [0.1, 0.15) is 6.92 Å². The summed E-state index contributed by atoms with van der Waals surface area (Å²) in [5.74, 6) is -0.828. The van der Waals surface area contributed by atoms with Gasteiger partial charge in [-0.05, 0) is 18.2 Å². The number of amides is 2. The lowest BCUT2D eigenvalue weighted by Crippen LogP contribution is -2.33. The molecule has 0 aliphatic carbocycles. The molecule has 1 saturated heterocycles. The zero-order valence-electron chi connectivity index (χ0n) is 12.5. The molecule has 1 atom stereocenters. The molecule has 0 radical (unpaired) electrons. The van der Waals surface area contributed by atoms with Gasteiger partial charge in [0.15, 0.2) is 5.01 Å². The SMILES string of the molecule is CC(=O)NC[C@H]1CN(c2ccc(-c3n[nH]c(=O)s3)c(F)c2)C(=O)O1. The molecule has 8 nitrogen and oxygen atoms in total. The first-order chi connectivity index (χ1) is 11.4. The Bertz CT molecular complexity index is 849. The lowest BCUT2D eigenvalue weighted by Gasteiger charge is -2.14. The first-order valence-corrected chi connectivity index (χ1v) is 7.83. The molecule has 2 N–H and O–H groups in total. The highest BCUT2D eigenvalue weighted by Gasteiger charge is 2.32. The third-order valence-electron chi connectivity index (χ3n) is 3.39. The van der Waals surface area contributed by atoms with E-state index >= 15 is 0 Å². The second-order valence-corrected chi connectivity index (χ2v) is 6.10. The van der Waals surface area contributed by atoms with Crippen molar-refractivity contribution in [2.75, 3.05) is 18.0 Å². The number of hydrogen-bond donors (Lipinski definition) is 2. The normalized spacial score (nSPS) is 17.0. The van der Waals surface area contributed by atoms with Crippen molar-refractivity contribution < 1.29 is 18.7 Å². The molecule has 1 aromatic carbocycles. The van der Waals surface area contributed by atoms with Crippen molar-refractivity contribution in [1.29, 1.82) is 0 Å². The van der Waals surface area contributed by atoms with Crippen LogP contribution >= 0.6 is 11.3 Å². The predicted octanol–water partition coefficient (Wildman–Crippen LogP) is 1.10. The summed E-state index contributed by atoms with van der Waals surface area (Å²) >= 11 is 0.796. The van der Waals surface area contributed by atoms with Crippen LogP contribution in [0, 0.1) is 5.82 Å². The Morgan fingerprint density at radius 3 is 2.96 bits per heavy atom. The zero-order chi connectivity index (χ0) is 17.3. The van der Waals surface area contributed by atoms with Crippen LogP contribution in [0.3, 0.4) is 0 Å². The highest BCUT2D eigenvalue weighted by Crippen LogP contribution is 2.28. The van der Waals surface area contributed by atoms with Gasteiger partial charge in [-0.1, -0.05) is 11.3 Å². The summed E-state index contributed by atoms with van der Waals surface area (Å²) in [6.07, 6.45) is -1.11. The zero-order valence-corrected chi connectivity index (χ0v) is 13.4. The molecule has 1 aliphatic heterocycles. The maximum atomic E-state index is 14.3. The molecule has 3 rings (SSSR count). The number of aromatic nitrogens is 2. The number of carbonyl (C=O) groups excluding carboxylic acids is 2. The van der Waals surface area contributed by atoms with Gasteiger partial charge >= 0.3 is 11.0 Å². The lowest BCUT2D eigenvalue weighted by molar-refractivity contribution is -0.119. The maximum absolute atomic E-state index is 14.3. The van der Waals surface area contributed by atoms with Gasteiger partial charge in [0.2, 0.25) is 5.91 Å². The molecule has 2 amide bonds. The fraction of sp³-hybridized carbons (Fsp3) is 0.286. The van der Waals surface area contributed by atoms with Crippen molar-refractivity contribution in [2.45, 2.75) is 13.0 Å². The van der Waals surface area contributed by atoms with E-state index in [-0.39, 0.29) is 34.4 Å². The molecule has 0 unspecified atom stereocenters. The van der Waals surface area contributed by atoms with Gasteiger partial charge in [0.25, 0.3) is 0 Å². The Morgan fingerprint density at radius 2 is 2.33 bits per heavy atom. The van der Waals surface area contributed by atoms with Crippen LogP contribution < -0.4 is 15.1 Å². The Kier molecular flexibility index (Phi) is 4.30. The number of halogens is 1. The Balaban J connectivity index is 1.78. The number of hydrogen-bond acceptors (Lipinski definition) is 6. The molecule has 1 fully saturated rings. The molecule has 0 saturated carbocycles. The van der Waals surface area contributed by atoms with Crippen LogP contribution in [0.25, 0.3) is 10.6 Å². The third-order valence-corrected chi connectivity index (χ3v) is 4.17. The van der Waals surface area contributed by atoms with E-state index in [9.17, 15) is 18.8 Å². The Labute approximate surface area is 139 Å². The molecule has 0 spiro atoms. The van der Waals surface area contributed by atoms with Gasteiger partial charge in [-0.2, -0.15) is 5.10 Å². The van der Waals surface area contributed by atoms with Crippen LogP contribution in [-0.2, 0) is 9.53 Å². The largest absolute Gasteiger partial charge is 0.442 e. The quantitative estimate of drug-likeness (QED) is 0.857. The summed E-state index contributed by atoms with van der Waals surface area (Å²) in [7, 11) is 0. The number of aromatic amines is 1. The number of benzene rings is 1. The smallest absolute Gasteiger partial charge is 0.414 e. The number of ether oxygens (including phenoxy) is 1. The number of nitrogens with zero attached hydrogens (tertiary/aromatic N) is 2. The summed E-state index contributed by atoms with van der Waals surface area (Å²) < 4.78 is 19.4. The number of H-pyrrole nitrogens is 1. The van der Waals surface area contributed by atoms with Gasteiger partial charge in [0, 0.05) is 12.5 Å². The maximum Gasteiger partial charge on any atom is 0.414 e. The monoisotopic (exact) mass is 352 g/mol. The molecule has 24 heavy (non-hydrogen) atoms. The number of anilines is 1. The number of rotatable bonds is 4. The minimum absolute atomic E-state index is 0.171. The van der Waals surface area contributed by atoms with Crippen molar-refractivity contribution in [3.8, 4) is 10.6 Å². The highest BCUT2D eigenvalue weighted by molar-refractivity contribution is 7.12. The molecule has 10 heteroatoms. The Hall–Kier alpha value is -2.75. The summed E-state index contributed by atoms with van der Waals surface area (Å²) in [6, 6.07) is 4.18. The van der Waals surface area contributed by atoms with E-state index in [1.165, 1.54) is 24.0 Å². The first kappa shape index (κ1) is 16.1. The number of nitrogens with one attached hydrogen (secondary N) is 2. The van der Waals surface area contributed by atoms with Crippen molar-refractivity contribution in [3.63, 3.8) is 0 Å². The second-order valence-electron chi connectivity index (χ2n) is 5.14. The van der Waals surface area contributed by atoms with Crippen molar-refractivity contribution in [1.82, 2.24) is 15.5 Å². The summed E-state index contributed by atoms with van der Waals surface area (Å²) in [5.41, 5.74) is 0.499. The molecular weight excluding hydrogens is 339 g/mol. The van der Waals surface area contributed by atoms with Crippen LogP contribution in [0.15, 0.2) is 23.0 Å². The average molecular weight is 352 g/mol. The number of cyclic esters (lactones) is 1. The van der Waals surface area contributed by atoms with Crippen LogP contribution in [-0.4, -0.2) is 41.4 Å². The Morgan fingerprint density at radius 1 is 1.54 bits per heavy atom. The van der Waals surface area contributed by atoms with Crippen LogP contribution in [0.5, 0.6) is 0 Å². The molecule has 1 aliphatic rings. The van der Waals surface area contributed by atoms with Gasteiger partial charge in [0.1, 0.15) is 11.9 Å². The summed E-state index contributed by atoms with van der Waals surface area (Å²) in [5, 5.41) is 8.77. The molecule has 0 bridgehead atoms. The van der Waals surface area contributed by atoms with Crippen LogP contribution in [0.2, 0.25) is 0 Å². The summed E-state index contributed by atoms with van der Waals surface area (Å²) in [4.78, 5) is 34.8. The fourth-order valence-corrected chi connectivity index (χ4v) is 2.92. The van der Waals surface area contributed by atoms with Gasteiger partial charge in [-0.3, -0.25) is 14.5 Å². The first-order valence-electron chi connectivity index (χ1n) is 7.02. The van der Waals surface area contributed by atoms with E-state index in [1.807, 2.05) is 0 Å². The highest BCUT2D eigenvalue weighted by atomic mass is 32.1. The fourth-order valence-electron chi connectivity index (χ4n) is 2.29. The molecule has 126 valence electrons. The minimum atomic E-state index is -0.609. The third kappa shape index (κ3) is 3.27. The van der Waals surface area contributed by atoms with Crippen LogP contribution in [0.4, 0.5) is 14.9 Å². The summed E-state index contributed by atoms with van der Waals surface area (Å²) in [6.45, 7) is 1.76. The molecule has 1 aromatic heterocycles. The second kappa shape index (κ2) is 6.40. The van der Waals surface area contributed by atoms with E-state index in [0.29, 0.717) is 5.69 Å². The topological polar surface area (TPSA) is 104 Å².